The summed E-state index contributed by atoms with van der Waals surface area (Å²) in [6.07, 6.45) is 4.01. The molecule has 0 aliphatic heterocycles. The Balaban J connectivity index is 1.64. The molecule has 1 unspecified atom stereocenters. The molecule has 0 fully saturated rings. The van der Waals surface area contributed by atoms with Crippen LogP contribution < -0.4 is 0 Å². The van der Waals surface area contributed by atoms with Crippen LogP contribution in [0.4, 0.5) is 0 Å². The lowest BCUT2D eigenvalue weighted by atomic mass is 9.82. The topological polar surface area (TPSA) is 47.3 Å². The Morgan fingerprint density at radius 1 is 1.03 bits per heavy atom. The molecule has 2 aromatic heterocycles. The zero-order chi connectivity index (χ0) is 20.0. The van der Waals surface area contributed by atoms with Gasteiger partial charge in [-0.3, -0.25) is 4.79 Å². The second-order valence-corrected chi connectivity index (χ2v) is 7.85. The molecule has 0 bridgehead atoms. The number of carbonyl (C=O) groups is 1. The average molecular weight is 381 g/mol. The largest absolute Gasteiger partial charge is 0.294 e. The van der Waals surface area contributed by atoms with Gasteiger partial charge in [0, 0.05) is 18.2 Å². The van der Waals surface area contributed by atoms with Gasteiger partial charge in [0.2, 0.25) is 0 Å². The fourth-order valence-corrected chi connectivity index (χ4v) is 4.30. The number of rotatable bonds is 3. The first-order valence-corrected chi connectivity index (χ1v) is 10.2. The lowest BCUT2D eigenvalue weighted by Gasteiger charge is -2.23. The monoisotopic (exact) mass is 381 g/mol. The lowest BCUT2D eigenvalue weighted by molar-refractivity contribution is 0.0962. The van der Waals surface area contributed by atoms with Crippen LogP contribution in [0.5, 0.6) is 0 Å². The van der Waals surface area contributed by atoms with Crippen molar-refractivity contribution in [2.75, 3.05) is 0 Å². The highest BCUT2D eigenvalue weighted by atomic mass is 16.1. The average Bonchev–Trinajstić information content (AvgIpc) is 3.11. The Morgan fingerprint density at radius 3 is 2.52 bits per heavy atom. The summed E-state index contributed by atoms with van der Waals surface area (Å²) in [5.41, 5.74) is 8.07. The minimum absolute atomic E-state index is 0.154. The SMILES string of the molecule is CCc1nn2cc3c(nc2c1-c1ccccc1)CC(c1ccc(C)cc1)CC3=O. The van der Waals surface area contributed by atoms with Crippen molar-refractivity contribution in [2.24, 2.45) is 0 Å². The predicted octanol–water partition coefficient (Wildman–Crippen LogP) is 5.18. The fraction of sp³-hybridized carbons (Fsp3) is 0.240. The van der Waals surface area contributed by atoms with Gasteiger partial charge in [0.25, 0.3) is 0 Å². The number of aryl methyl sites for hydroxylation is 2. The van der Waals surface area contributed by atoms with Crippen molar-refractivity contribution in [3.8, 4) is 11.1 Å². The van der Waals surface area contributed by atoms with Gasteiger partial charge >= 0.3 is 0 Å². The first-order chi connectivity index (χ1) is 14.1. The van der Waals surface area contributed by atoms with Crippen molar-refractivity contribution in [2.45, 2.75) is 39.0 Å². The first kappa shape index (κ1) is 17.8. The molecule has 0 N–H and O–H groups in total. The van der Waals surface area contributed by atoms with Crippen LogP contribution in [0.1, 0.15) is 52.1 Å². The summed E-state index contributed by atoms with van der Waals surface area (Å²) in [5, 5.41) is 4.74. The third-order valence-electron chi connectivity index (χ3n) is 5.88. The van der Waals surface area contributed by atoms with Crippen LogP contribution in [0.25, 0.3) is 16.8 Å². The lowest BCUT2D eigenvalue weighted by Crippen LogP contribution is -2.21. The second-order valence-electron chi connectivity index (χ2n) is 7.85. The molecule has 0 radical (unpaired) electrons. The predicted molar refractivity (Wildman–Crippen MR) is 114 cm³/mol. The van der Waals surface area contributed by atoms with Gasteiger partial charge in [0.15, 0.2) is 11.4 Å². The van der Waals surface area contributed by atoms with Crippen molar-refractivity contribution in [3.05, 3.63) is 88.9 Å². The van der Waals surface area contributed by atoms with Crippen molar-refractivity contribution in [3.63, 3.8) is 0 Å². The number of carbonyl (C=O) groups excluding carboxylic acids is 1. The Morgan fingerprint density at radius 2 is 1.79 bits per heavy atom. The third-order valence-corrected chi connectivity index (χ3v) is 5.88. The molecule has 0 saturated carbocycles. The molecule has 1 aliphatic rings. The molecule has 144 valence electrons. The molecule has 5 rings (SSSR count). The minimum Gasteiger partial charge on any atom is -0.294 e. The minimum atomic E-state index is 0.154. The zero-order valence-corrected chi connectivity index (χ0v) is 16.7. The van der Waals surface area contributed by atoms with E-state index in [1.165, 1.54) is 11.1 Å². The van der Waals surface area contributed by atoms with Crippen molar-refractivity contribution in [1.82, 2.24) is 14.6 Å². The summed E-state index contributed by atoms with van der Waals surface area (Å²) in [5.74, 6) is 0.334. The van der Waals surface area contributed by atoms with E-state index in [2.05, 4.69) is 50.2 Å². The molecule has 4 aromatic rings. The second kappa shape index (κ2) is 6.96. The summed E-state index contributed by atoms with van der Waals surface area (Å²) in [6.45, 7) is 4.19. The quantitative estimate of drug-likeness (QED) is 0.491. The zero-order valence-electron chi connectivity index (χ0n) is 16.7. The third kappa shape index (κ3) is 3.05. The summed E-state index contributed by atoms with van der Waals surface area (Å²) in [7, 11) is 0. The molecule has 4 nitrogen and oxygen atoms in total. The van der Waals surface area contributed by atoms with Gasteiger partial charge in [-0.05, 0) is 36.8 Å². The maximum atomic E-state index is 12.9. The number of ketones is 1. The first-order valence-electron chi connectivity index (χ1n) is 10.2. The highest BCUT2D eigenvalue weighted by Crippen LogP contribution is 2.34. The molecule has 1 atom stereocenters. The number of Topliss-reactive ketones (excluding diaryl/α,β-unsaturated/α-hetero) is 1. The van der Waals surface area contributed by atoms with Gasteiger partial charge in [-0.25, -0.2) is 9.50 Å². The maximum Gasteiger partial charge on any atom is 0.166 e. The normalized spacial score (nSPS) is 16.2. The molecular formula is C25H23N3O. The van der Waals surface area contributed by atoms with E-state index in [4.69, 9.17) is 10.1 Å². The molecule has 29 heavy (non-hydrogen) atoms. The van der Waals surface area contributed by atoms with Gasteiger partial charge in [-0.15, -0.1) is 0 Å². The van der Waals surface area contributed by atoms with E-state index in [0.29, 0.717) is 12.0 Å². The maximum absolute atomic E-state index is 12.9. The number of hydrogen-bond acceptors (Lipinski definition) is 3. The number of nitrogens with zero attached hydrogens (tertiary/aromatic N) is 3. The summed E-state index contributed by atoms with van der Waals surface area (Å²) in [4.78, 5) is 17.9. The van der Waals surface area contributed by atoms with Gasteiger partial charge < -0.3 is 0 Å². The molecule has 1 aliphatic carbocycles. The summed E-state index contributed by atoms with van der Waals surface area (Å²) >= 11 is 0. The molecule has 2 heterocycles. The van der Waals surface area contributed by atoms with Crippen LogP contribution in [-0.4, -0.2) is 20.4 Å². The standard InChI is InChI=1S/C25H23N3O/c1-3-21-24(18-7-5-4-6-8-18)25-26-22-13-19(17-11-9-16(2)10-12-17)14-23(29)20(22)15-28(25)27-21/h4-12,15,19H,3,13-14H2,1-2H3. The van der Waals surface area contributed by atoms with E-state index in [-0.39, 0.29) is 11.7 Å². The Hall–Kier alpha value is -3.27. The number of benzene rings is 2. The molecule has 4 heteroatoms. The van der Waals surface area contributed by atoms with Crippen molar-refractivity contribution < 1.29 is 4.79 Å². The van der Waals surface area contributed by atoms with E-state index in [1.54, 1.807) is 4.52 Å². The van der Waals surface area contributed by atoms with Crippen LogP contribution in [0, 0.1) is 6.92 Å². The van der Waals surface area contributed by atoms with Crippen LogP contribution in [0.3, 0.4) is 0 Å². The highest BCUT2D eigenvalue weighted by Gasteiger charge is 2.29. The van der Waals surface area contributed by atoms with E-state index in [1.807, 2.05) is 24.4 Å². The Bertz CT molecular complexity index is 1210. The Labute approximate surface area is 170 Å². The van der Waals surface area contributed by atoms with Crippen LogP contribution in [0.15, 0.2) is 60.8 Å². The fourth-order valence-electron chi connectivity index (χ4n) is 4.30. The number of hydrogen-bond donors (Lipinski definition) is 0. The highest BCUT2D eigenvalue weighted by molar-refractivity contribution is 5.99. The van der Waals surface area contributed by atoms with Gasteiger partial charge in [0.1, 0.15) is 0 Å². The van der Waals surface area contributed by atoms with Crippen LogP contribution >= 0.6 is 0 Å². The van der Waals surface area contributed by atoms with Gasteiger partial charge in [-0.1, -0.05) is 67.1 Å². The van der Waals surface area contributed by atoms with Crippen molar-refractivity contribution in [1.29, 1.82) is 0 Å². The molecule has 2 aromatic carbocycles. The summed E-state index contributed by atoms with van der Waals surface area (Å²) < 4.78 is 1.80. The van der Waals surface area contributed by atoms with E-state index in [9.17, 15) is 4.79 Å². The smallest absolute Gasteiger partial charge is 0.166 e. The molecule has 0 spiro atoms. The number of aromatic nitrogens is 3. The van der Waals surface area contributed by atoms with Gasteiger partial charge in [-0.2, -0.15) is 5.10 Å². The van der Waals surface area contributed by atoms with E-state index >= 15 is 0 Å². The summed E-state index contributed by atoms with van der Waals surface area (Å²) in [6, 6.07) is 18.8. The van der Waals surface area contributed by atoms with Crippen LogP contribution in [0.2, 0.25) is 0 Å². The van der Waals surface area contributed by atoms with Crippen molar-refractivity contribution >= 4 is 11.4 Å². The molecule has 0 saturated heterocycles. The van der Waals surface area contributed by atoms with E-state index in [0.717, 1.165) is 41.0 Å². The molecule has 0 amide bonds. The van der Waals surface area contributed by atoms with Gasteiger partial charge in [0.05, 0.1) is 17.0 Å². The Kier molecular flexibility index (Phi) is 4.27. The van der Waals surface area contributed by atoms with E-state index < -0.39 is 0 Å². The number of fused-ring (bicyclic) bond motifs is 2. The van der Waals surface area contributed by atoms with Crippen LogP contribution in [-0.2, 0) is 12.8 Å². The molecular weight excluding hydrogens is 358 g/mol.